The Morgan fingerprint density at radius 1 is 1.56 bits per heavy atom. The van der Waals surface area contributed by atoms with Crippen LogP contribution in [0.4, 0.5) is 5.82 Å². The third-order valence-electron chi connectivity index (χ3n) is 2.77. The number of nitrogens with one attached hydrogen (secondary N) is 1. The van der Waals surface area contributed by atoms with Crippen LogP contribution >= 0.6 is 0 Å². The highest BCUT2D eigenvalue weighted by molar-refractivity contribution is 5.84. The Bertz CT molecular complexity index is 626. The number of nitrogens with zero attached hydrogens (tertiary/aromatic N) is 2. The van der Waals surface area contributed by atoms with Gasteiger partial charge in [-0.2, -0.15) is 0 Å². The zero-order valence-electron chi connectivity index (χ0n) is 10.1. The molecule has 0 bridgehead atoms. The number of rotatable bonds is 3. The maximum absolute atomic E-state index is 11.7. The molecule has 0 saturated heterocycles. The standard InChI is InChI=1S/C11H13N3O4/c1-3-18-7(15)4-6-5-12-9-8(6)10(16)13-11(17)14(9)2/h5-6H,3-4H2,1-2H3,(H,13,16,17). The summed E-state index contributed by atoms with van der Waals surface area (Å²) in [5, 5.41) is 0. The van der Waals surface area contributed by atoms with Crippen LogP contribution in [0.5, 0.6) is 0 Å². The molecule has 1 atom stereocenters. The van der Waals surface area contributed by atoms with Crippen LogP contribution in [-0.4, -0.2) is 28.3 Å². The van der Waals surface area contributed by atoms with Crippen LogP contribution in [0.15, 0.2) is 14.6 Å². The van der Waals surface area contributed by atoms with Gasteiger partial charge < -0.3 is 4.74 Å². The molecule has 1 unspecified atom stereocenters. The number of esters is 1. The number of hydrogen-bond acceptors (Lipinski definition) is 5. The molecule has 96 valence electrons. The smallest absolute Gasteiger partial charge is 0.329 e. The van der Waals surface area contributed by atoms with Crippen molar-refractivity contribution in [2.45, 2.75) is 19.3 Å². The molecule has 0 fully saturated rings. The zero-order valence-corrected chi connectivity index (χ0v) is 10.1. The Kier molecular flexibility index (Phi) is 3.14. The highest BCUT2D eigenvalue weighted by atomic mass is 16.5. The van der Waals surface area contributed by atoms with Crippen LogP contribution in [0.25, 0.3) is 0 Å². The van der Waals surface area contributed by atoms with Gasteiger partial charge in [0.25, 0.3) is 5.56 Å². The molecular formula is C11H13N3O4. The van der Waals surface area contributed by atoms with E-state index in [0.29, 0.717) is 18.0 Å². The van der Waals surface area contributed by atoms with Gasteiger partial charge in [0.05, 0.1) is 18.6 Å². The molecule has 0 spiro atoms. The first kappa shape index (κ1) is 12.3. The van der Waals surface area contributed by atoms with E-state index in [2.05, 4.69) is 9.98 Å². The molecule has 18 heavy (non-hydrogen) atoms. The lowest BCUT2D eigenvalue weighted by Gasteiger charge is -2.08. The topological polar surface area (TPSA) is 93.5 Å². The van der Waals surface area contributed by atoms with Gasteiger partial charge in [-0.15, -0.1) is 0 Å². The van der Waals surface area contributed by atoms with E-state index >= 15 is 0 Å². The number of fused-ring (bicyclic) bond motifs is 1. The Morgan fingerprint density at radius 3 is 2.94 bits per heavy atom. The number of aliphatic imine (C=N–C) groups is 1. The molecule has 1 aliphatic rings. The van der Waals surface area contributed by atoms with E-state index in [1.807, 2.05) is 0 Å². The SMILES string of the molecule is CCOC(=O)CC1C=Nc2c1c(=O)[nH]c(=O)n2C. The summed E-state index contributed by atoms with van der Waals surface area (Å²) in [5.41, 5.74) is -0.683. The van der Waals surface area contributed by atoms with Crippen LogP contribution in [0.3, 0.4) is 0 Å². The normalized spacial score (nSPS) is 16.7. The number of aromatic nitrogens is 2. The van der Waals surface area contributed by atoms with Crippen molar-refractivity contribution in [2.75, 3.05) is 6.61 Å². The summed E-state index contributed by atoms with van der Waals surface area (Å²) in [4.78, 5) is 40.7. The minimum Gasteiger partial charge on any atom is -0.466 e. The third kappa shape index (κ3) is 1.99. The molecule has 1 aliphatic heterocycles. The van der Waals surface area contributed by atoms with E-state index < -0.39 is 23.1 Å². The first-order valence-electron chi connectivity index (χ1n) is 5.57. The summed E-state index contributed by atoms with van der Waals surface area (Å²) < 4.78 is 6.08. The lowest BCUT2D eigenvalue weighted by Crippen LogP contribution is -2.31. The molecule has 1 aromatic rings. The van der Waals surface area contributed by atoms with E-state index in [0.717, 1.165) is 0 Å². The lowest BCUT2D eigenvalue weighted by atomic mass is 10.0. The van der Waals surface area contributed by atoms with Gasteiger partial charge in [0.15, 0.2) is 0 Å². The number of hydrogen-bond donors (Lipinski definition) is 1. The minimum atomic E-state index is -0.521. The summed E-state index contributed by atoms with van der Waals surface area (Å²) in [6.45, 7) is 2.00. The Morgan fingerprint density at radius 2 is 2.28 bits per heavy atom. The van der Waals surface area contributed by atoms with Crippen molar-refractivity contribution in [2.24, 2.45) is 12.0 Å². The molecule has 2 heterocycles. The van der Waals surface area contributed by atoms with Crippen molar-refractivity contribution in [3.63, 3.8) is 0 Å². The molecule has 0 aliphatic carbocycles. The van der Waals surface area contributed by atoms with E-state index in [1.54, 1.807) is 6.92 Å². The fourth-order valence-corrected chi connectivity index (χ4v) is 1.91. The average molecular weight is 251 g/mol. The second kappa shape index (κ2) is 4.59. The molecule has 0 saturated carbocycles. The van der Waals surface area contributed by atoms with Gasteiger partial charge >= 0.3 is 11.7 Å². The zero-order chi connectivity index (χ0) is 13.3. The monoisotopic (exact) mass is 251 g/mol. The van der Waals surface area contributed by atoms with Crippen molar-refractivity contribution >= 4 is 18.0 Å². The number of ether oxygens (including phenoxy) is 1. The van der Waals surface area contributed by atoms with E-state index in [4.69, 9.17) is 4.74 Å². The van der Waals surface area contributed by atoms with Crippen molar-refractivity contribution in [3.8, 4) is 0 Å². The molecule has 1 N–H and O–H groups in total. The second-order valence-corrected chi connectivity index (χ2v) is 3.95. The summed E-state index contributed by atoms with van der Waals surface area (Å²) in [6, 6.07) is 0. The van der Waals surface area contributed by atoms with Gasteiger partial charge in [-0.1, -0.05) is 0 Å². The van der Waals surface area contributed by atoms with Crippen molar-refractivity contribution in [1.29, 1.82) is 0 Å². The van der Waals surface area contributed by atoms with Crippen molar-refractivity contribution in [1.82, 2.24) is 9.55 Å². The highest BCUT2D eigenvalue weighted by Crippen LogP contribution is 2.29. The molecule has 2 rings (SSSR count). The highest BCUT2D eigenvalue weighted by Gasteiger charge is 2.27. The molecule has 7 heteroatoms. The Balaban J connectivity index is 2.37. The van der Waals surface area contributed by atoms with Gasteiger partial charge in [-0.05, 0) is 6.92 Å². The summed E-state index contributed by atoms with van der Waals surface area (Å²) in [6.07, 6.45) is 1.54. The van der Waals surface area contributed by atoms with Crippen LogP contribution in [-0.2, 0) is 16.6 Å². The van der Waals surface area contributed by atoms with Crippen molar-refractivity contribution < 1.29 is 9.53 Å². The van der Waals surface area contributed by atoms with Crippen LogP contribution in [0.2, 0.25) is 0 Å². The van der Waals surface area contributed by atoms with Gasteiger partial charge in [0.2, 0.25) is 0 Å². The maximum atomic E-state index is 11.7. The third-order valence-corrected chi connectivity index (χ3v) is 2.77. The molecule has 0 radical (unpaired) electrons. The maximum Gasteiger partial charge on any atom is 0.329 e. The van der Waals surface area contributed by atoms with E-state index in [1.165, 1.54) is 17.8 Å². The summed E-state index contributed by atoms with van der Waals surface area (Å²) in [5.74, 6) is -0.525. The van der Waals surface area contributed by atoms with Gasteiger partial charge in [0, 0.05) is 19.2 Å². The Labute approximate surface area is 102 Å². The van der Waals surface area contributed by atoms with Crippen LogP contribution in [0, 0.1) is 0 Å². The number of carbonyl (C=O) groups excluding carboxylic acids is 1. The second-order valence-electron chi connectivity index (χ2n) is 3.95. The molecule has 1 aromatic heterocycles. The van der Waals surface area contributed by atoms with Gasteiger partial charge in [-0.25, -0.2) is 9.79 Å². The predicted octanol–water partition coefficient (Wildman–Crippen LogP) is -0.174. The van der Waals surface area contributed by atoms with E-state index in [9.17, 15) is 14.4 Å². The lowest BCUT2D eigenvalue weighted by molar-refractivity contribution is -0.143. The quantitative estimate of drug-likeness (QED) is 0.754. The number of carbonyl (C=O) groups is 1. The fraction of sp³-hybridized carbons (Fsp3) is 0.455. The number of aromatic amines is 1. The summed E-state index contributed by atoms with van der Waals surface area (Å²) in [7, 11) is 1.52. The number of H-pyrrole nitrogens is 1. The molecule has 0 aromatic carbocycles. The van der Waals surface area contributed by atoms with Crippen LogP contribution < -0.4 is 11.2 Å². The van der Waals surface area contributed by atoms with Crippen molar-refractivity contribution in [3.05, 3.63) is 26.4 Å². The fourth-order valence-electron chi connectivity index (χ4n) is 1.91. The first-order valence-corrected chi connectivity index (χ1v) is 5.57. The Hall–Kier alpha value is -2.18. The van der Waals surface area contributed by atoms with Gasteiger partial charge in [0.1, 0.15) is 5.82 Å². The molecular weight excluding hydrogens is 238 g/mol. The van der Waals surface area contributed by atoms with E-state index in [-0.39, 0.29) is 6.42 Å². The average Bonchev–Trinajstić information content (AvgIpc) is 2.70. The summed E-state index contributed by atoms with van der Waals surface area (Å²) >= 11 is 0. The minimum absolute atomic E-state index is 0.0472. The molecule has 0 amide bonds. The van der Waals surface area contributed by atoms with Gasteiger partial charge in [-0.3, -0.25) is 19.1 Å². The molecule has 7 nitrogen and oxygen atoms in total. The largest absolute Gasteiger partial charge is 0.466 e. The first-order chi connectivity index (χ1) is 8.54. The predicted molar refractivity (Wildman–Crippen MR) is 64.4 cm³/mol. The van der Waals surface area contributed by atoms with Crippen LogP contribution in [0.1, 0.15) is 24.8 Å².